The van der Waals surface area contributed by atoms with Crippen molar-refractivity contribution in [2.45, 2.75) is 19.4 Å². The van der Waals surface area contributed by atoms with Crippen LogP contribution in [0.2, 0.25) is 0 Å². The van der Waals surface area contributed by atoms with Gasteiger partial charge in [0.25, 0.3) is 0 Å². The fourth-order valence-corrected chi connectivity index (χ4v) is 2.52. The van der Waals surface area contributed by atoms with Crippen molar-refractivity contribution in [3.8, 4) is 0 Å². The number of fused-ring (bicyclic) bond motifs is 1. The van der Waals surface area contributed by atoms with Crippen LogP contribution in [0.3, 0.4) is 0 Å². The molecule has 2 N–H and O–H groups in total. The summed E-state index contributed by atoms with van der Waals surface area (Å²) in [6.45, 7) is -3.99. The minimum Gasteiger partial charge on any atom is -0.467 e. The number of aromatic amines is 1. The van der Waals surface area contributed by atoms with Gasteiger partial charge in [0.15, 0.2) is 0 Å². The largest absolute Gasteiger partial charge is 1.00 e. The second kappa shape index (κ2) is 8.52. The summed E-state index contributed by atoms with van der Waals surface area (Å²) in [4.78, 5) is 25.7. The molecule has 0 radical (unpaired) electrons. The number of benzene rings is 1. The van der Waals surface area contributed by atoms with Crippen molar-refractivity contribution in [2.75, 3.05) is 7.11 Å². The molecule has 0 bridgehead atoms. The Morgan fingerprint density at radius 2 is 2.00 bits per heavy atom. The van der Waals surface area contributed by atoms with Crippen molar-refractivity contribution in [3.63, 3.8) is 0 Å². The van der Waals surface area contributed by atoms with Gasteiger partial charge in [0.1, 0.15) is 6.04 Å². The molecule has 0 aliphatic carbocycles. The van der Waals surface area contributed by atoms with Gasteiger partial charge in [-0.15, -0.1) is 0 Å². The van der Waals surface area contributed by atoms with Crippen molar-refractivity contribution < 1.29 is 78.7 Å². The predicted molar refractivity (Wildman–Crippen MR) is 80.3 cm³/mol. The van der Waals surface area contributed by atoms with Gasteiger partial charge in [-0.05, 0) is 17.0 Å². The molecule has 1 aromatic carbocycles. The van der Waals surface area contributed by atoms with Crippen molar-refractivity contribution >= 4 is 35.2 Å². The summed E-state index contributed by atoms with van der Waals surface area (Å²) in [5.41, 5.74) is -0.118. The van der Waals surface area contributed by atoms with Crippen LogP contribution in [-0.4, -0.2) is 37.0 Å². The maximum absolute atomic E-state index is 13.2. The second-order valence-corrected chi connectivity index (χ2v) is 5.14. The smallest absolute Gasteiger partial charge is 0.467 e. The van der Waals surface area contributed by atoms with E-state index in [0.29, 0.717) is 11.1 Å². The van der Waals surface area contributed by atoms with Gasteiger partial charge >= 0.3 is 64.3 Å². The van der Waals surface area contributed by atoms with Crippen LogP contribution in [0.1, 0.15) is 12.5 Å². The zero-order valence-corrected chi connectivity index (χ0v) is 16.7. The van der Waals surface area contributed by atoms with Crippen molar-refractivity contribution in [2.24, 2.45) is 0 Å². The fraction of sp³-hybridized carbons (Fsp3) is 0.286. The number of rotatable bonds is 5. The minimum absolute atomic E-state index is 0. The van der Waals surface area contributed by atoms with Crippen LogP contribution in [0.15, 0.2) is 24.4 Å². The SMILES string of the molecule is COC(=O)C(Cc1c[nH]c2cccc([B-](F)(F)F)c12)NC(C)=O.[K+]. The van der Waals surface area contributed by atoms with E-state index in [1.807, 2.05) is 0 Å². The summed E-state index contributed by atoms with van der Waals surface area (Å²) in [6.07, 6.45) is 1.31. The number of carbonyl (C=O) groups is 2. The van der Waals surface area contributed by atoms with Crippen molar-refractivity contribution in [1.82, 2.24) is 10.3 Å². The molecule has 2 rings (SSSR count). The van der Waals surface area contributed by atoms with E-state index in [4.69, 9.17) is 0 Å². The minimum atomic E-state index is -5.20. The first kappa shape index (κ1) is 21.2. The third-order valence-corrected chi connectivity index (χ3v) is 3.46. The number of hydrogen-bond donors (Lipinski definition) is 2. The standard InChI is InChI=1S/C14H15BF3N2O3.K/c1-8(21)20-12(14(22)23-2)6-9-7-19-11-5-3-4-10(13(9)11)15(16,17)18;/h3-5,7,12,19H,6H2,1-2H3,(H,20,21);/q-1;+1. The maximum atomic E-state index is 13.2. The molecular weight excluding hydrogens is 351 g/mol. The van der Waals surface area contributed by atoms with Gasteiger partial charge in [-0.25, -0.2) is 4.79 Å². The zero-order valence-electron chi connectivity index (χ0n) is 13.5. The number of esters is 1. The van der Waals surface area contributed by atoms with E-state index < -0.39 is 30.4 Å². The van der Waals surface area contributed by atoms with E-state index in [9.17, 15) is 22.5 Å². The molecule has 1 amide bonds. The average molecular weight is 366 g/mol. The molecule has 0 fully saturated rings. The van der Waals surface area contributed by atoms with E-state index in [-0.39, 0.29) is 63.2 Å². The monoisotopic (exact) mass is 366 g/mol. The Balaban J connectivity index is 0.00000288. The number of ether oxygens (including phenoxy) is 1. The van der Waals surface area contributed by atoms with Gasteiger partial charge < -0.3 is 28.0 Å². The summed E-state index contributed by atoms with van der Waals surface area (Å²) >= 11 is 0. The molecule has 10 heteroatoms. The molecule has 5 nitrogen and oxygen atoms in total. The van der Waals surface area contributed by atoms with Gasteiger partial charge in [-0.1, -0.05) is 17.6 Å². The van der Waals surface area contributed by atoms with Crippen molar-refractivity contribution in [3.05, 3.63) is 30.0 Å². The molecule has 0 saturated carbocycles. The first-order chi connectivity index (χ1) is 10.7. The molecule has 0 saturated heterocycles. The van der Waals surface area contributed by atoms with Crippen LogP contribution in [0, 0.1) is 0 Å². The maximum Gasteiger partial charge on any atom is 1.00 e. The van der Waals surface area contributed by atoms with E-state index in [2.05, 4.69) is 15.0 Å². The Hall–Kier alpha value is -0.809. The fourth-order valence-electron chi connectivity index (χ4n) is 2.52. The Bertz CT molecular complexity index is 748. The Morgan fingerprint density at radius 3 is 2.54 bits per heavy atom. The van der Waals surface area contributed by atoms with E-state index in [1.165, 1.54) is 25.3 Å². The van der Waals surface area contributed by atoms with Gasteiger partial charge in [0, 0.05) is 25.1 Å². The molecule has 1 heterocycles. The quantitative estimate of drug-likeness (QED) is 0.497. The molecule has 0 spiro atoms. The summed E-state index contributed by atoms with van der Waals surface area (Å²) in [7, 11) is 1.15. The molecule has 1 atom stereocenters. The molecular formula is C14H15BF3KN2O3. The summed E-state index contributed by atoms with van der Waals surface area (Å²) < 4.78 is 44.3. The first-order valence-corrected chi connectivity index (χ1v) is 6.87. The van der Waals surface area contributed by atoms with Crippen LogP contribution in [0.4, 0.5) is 12.9 Å². The number of aromatic nitrogens is 1. The van der Waals surface area contributed by atoms with E-state index in [0.717, 1.165) is 13.2 Å². The Labute approximate surface area is 179 Å². The molecule has 0 aliphatic heterocycles. The van der Waals surface area contributed by atoms with Crippen LogP contribution >= 0.6 is 0 Å². The number of carbonyl (C=O) groups excluding carboxylic acids is 2. The third-order valence-electron chi connectivity index (χ3n) is 3.46. The predicted octanol–water partition coefficient (Wildman–Crippen LogP) is -1.55. The number of nitrogens with one attached hydrogen (secondary N) is 2. The molecule has 1 aromatic heterocycles. The zero-order chi connectivity index (χ0) is 17.2. The van der Waals surface area contributed by atoms with Gasteiger partial charge in [0.05, 0.1) is 7.11 Å². The van der Waals surface area contributed by atoms with Crippen LogP contribution in [-0.2, 0) is 20.7 Å². The van der Waals surface area contributed by atoms with Gasteiger partial charge in [-0.2, -0.15) is 0 Å². The van der Waals surface area contributed by atoms with Gasteiger partial charge in [-0.3, -0.25) is 4.79 Å². The number of halogens is 3. The third kappa shape index (κ3) is 4.85. The van der Waals surface area contributed by atoms with Crippen LogP contribution in [0.25, 0.3) is 10.9 Å². The number of H-pyrrole nitrogens is 1. The topological polar surface area (TPSA) is 71.2 Å². The molecule has 1 unspecified atom stereocenters. The van der Waals surface area contributed by atoms with Gasteiger partial charge in [0.2, 0.25) is 5.91 Å². The van der Waals surface area contributed by atoms with Crippen LogP contribution in [0.5, 0.6) is 0 Å². The molecule has 24 heavy (non-hydrogen) atoms. The van der Waals surface area contributed by atoms with Crippen LogP contribution < -0.4 is 62.2 Å². The average Bonchev–Trinajstić information content (AvgIpc) is 2.87. The molecule has 124 valence electrons. The summed E-state index contributed by atoms with van der Waals surface area (Å²) in [5.74, 6) is -1.19. The second-order valence-electron chi connectivity index (χ2n) is 5.14. The Kier molecular flexibility index (Phi) is 7.54. The number of methoxy groups -OCH3 is 1. The summed E-state index contributed by atoms with van der Waals surface area (Å²) in [5, 5.41) is 2.40. The van der Waals surface area contributed by atoms with E-state index in [1.54, 1.807) is 0 Å². The molecule has 0 aliphatic rings. The summed E-state index contributed by atoms with van der Waals surface area (Å²) in [6, 6.07) is 2.80. The molecule has 2 aromatic rings. The van der Waals surface area contributed by atoms with E-state index >= 15 is 0 Å². The van der Waals surface area contributed by atoms with Crippen molar-refractivity contribution in [1.29, 1.82) is 0 Å². The first-order valence-electron chi connectivity index (χ1n) is 6.87. The number of amides is 1. The Morgan fingerprint density at radius 1 is 1.33 bits per heavy atom. The number of hydrogen-bond acceptors (Lipinski definition) is 3. The normalized spacial score (nSPS) is 12.4.